The normalized spacial score (nSPS) is 11.5. The van der Waals surface area contributed by atoms with Crippen LogP contribution in [0.5, 0.6) is 0 Å². The summed E-state index contributed by atoms with van der Waals surface area (Å²) < 4.78 is 51.9. The maximum Gasteiger partial charge on any atom is 0.418 e. The van der Waals surface area contributed by atoms with E-state index in [0.29, 0.717) is 10.4 Å². The smallest absolute Gasteiger partial charge is 0.325 e. The number of anilines is 1. The molecule has 0 aliphatic rings. The third-order valence-electron chi connectivity index (χ3n) is 2.40. The van der Waals surface area contributed by atoms with E-state index < -0.39 is 29.2 Å². The molecule has 0 radical (unpaired) electrons. The van der Waals surface area contributed by atoms with Gasteiger partial charge in [-0.2, -0.15) is 13.2 Å². The van der Waals surface area contributed by atoms with Gasteiger partial charge in [-0.15, -0.1) is 10.2 Å². The van der Waals surface area contributed by atoms with Crippen molar-refractivity contribution in [2.45, 2.75) is 17.4 Å². The molecule has 0 saturated heterocycles. The number of thioether (sulfide) groups is 1. The van der Waals surface area contributed by atoms with Gasteiger partial charge in [0.15, 0.2) is 4.34 Å². The molecule has 1 aromatic carbocycles. The molecule has 2 aromatic rings. The number of hydrogen-bond donors (Lipinski definition) is 1. The molecule has 1 amide bonds. The summed E-state index contributed by atoms with van der Waals surface area (Å²) in [4.78, 5) is 11.7. The van der Waals surface area contributed by atoms with Gasteiger partial charge in [0.25, 0.3) is 0 Å². The summed E-state index contributed by atoms with van der Waals surface area (Å²) >= 11 is 2.34. The molecule has 0 unspecified atom stereocenters. The van der Waals surface area contributed by atoms with Crippen molar-refractivity contribution in [3.05, 3.63) is 34.6 Å². The molecule has 0 aliphatic carbocycles. The fraction of sp³-hybridized carbons (Fsp3) is 0.250. The quantitative estimate of drug-likeness (QED) is 0.674. The average molecular weight is 351 g/mol. The van der Waals surface area contributed by atoms with E-state index in [1.54, 1.807) is 6.92 Å². The van der Waals surface area contributed by atoms with E-state index in [2.05, 4.69) is 15.5 Å². The minimum Gasteiger partial charge on any atom is -0.325 e. The highest BCUT2D eigenvalue weighted by Gasteiger charge is 2.34. The minimum absolute atomic E-state index is 0.122. The monoisotopic (exact) mass is 351 g/mol. The van der Waals surface area contributed by atoms with Crippen LogP contribution in [0.4, 0.5) is 23.2 Å². The largest absolute Gasteiger partial charge is 0.418 e. The molecule has 2 rings (SSSR count). The van der Waals surface area contributed by atoms with Crippen LogP contribution in [0.2, 0.25) is 0 Å². The molecular weight excluding hydrogens is 342 g/mol. The molecule has 1 aromatic heterocycles. The first-order valence-corrected chi connectivity index (χ1v) is 7.65. The SMILES string of the molecule is Cc1nnc(SCC(=O)Nc2ccc(F)cc2C(F)(F)F)s1. The second-order valence-electron chi connectivity index (χ2n) is 4.11. The Bertz CT molecular complexity index is 687. The Morgan fingerprint density at radius 3 is 2.68 bits per heavy atom. The number of alkyl halides is 3. The van der Waals surface area contributed by atoms with Gasteiger partial charge in [-0.1, -0.05) is 23.1 Å². The second kappa shape index (κ2) is 6.61. The van der Waals surface area contributed by atoms with Gasteiger partial charge in [-0.3, -0.25) is 4.79 Å². The molecule has 22 heavy (non-hydrogen) atoms. The summed E-state index contributed by atoms with van der Waals surface area (Å²) in [6, 6.07) is 2.08. The predicted octanol–water partition coefficient (Wildman–Crippen LogP) is 3.74. The van der Waals surface area contributed by atoms with Crippen molar-refractivity contribution in [2.24, 2.45) is 0 Å². The van der Waals surface area contributed by atoms with Crippen LogP contribution in [0.25, 0.3) is 0 Å². The van der Waals surface area contributed by atoms with Crippen molar-refractivity contribution in [1.82, 2.24) is 10.2 Å². The standard InChI is InChI=1S/C12H9F4N3OS2/c1-6-18-19-11(22-6)21-5-10(20)17-9-3-2-7(13)4-8(9)12(14,15)16/h2-4H,5H2,1H3,(H,17,20). The number of amides is 1. The number of carbonyl (C=O) groups excluding carboxylic acids is 1. The molecule has 0 bridgehead atoms. The fourth-order valence-corrected chi connectivity index (χ4v) is 3.13. The second-order valence-corrected chi connectivity index (χ2v) is 6.52. The Balaban J connectivity index is 2.05. The summed E-state index contributed by atoms with van der Waals surface area (Å²) in [5, 5.41) is 10.4. The fourth-order valence-electron chi connectivity index (χ4n) is 1.51. The maximum absolute atomic E-state index is 13.0. The van der Waals surface area contributed by atoms with E-state index in [1.165, 1.54) is 11.3 Å². The van der Waals surface area contributed by atoms with Gasteiger partial charge in [-0.25, -0.2) is 4.39 Å². The summed E-state index contributed by atoms with van der Waals surface area (Å²) in [5.41, 5.74) is -1.70. The van der Waals surface area contributed by atoms with Gasteiger partial charge in [0, 0.05) is 0 Å². The molecule has 118 valence electrons. The zero-order valence-corrected chi connectivity index (χ0v) is 12.7. The summed E-state index contributed by atoms with van der Waals surface area (Å²) in [6.07, 6.45) is -4.76. The summed E-state index contributed by atoms with van der Waals surface area (Å²) in [6.45, 7) is 1.75. The molecule has 0 atom stereocenters. The van der Waals surface area contributed by atoms with Crippen molar-refractivity contribution in [3.8, 4) is 0 Å². The Labute approximate surface area is 130 Å². The maximum atomic E-state index is 13.0. The lowest BCUT2D eigenvalue weighted by molar-refractivity contribution is -0.137. The van der Waals surface area contributed by atoms with Gasteiger partial charge in [-0.05, 0) is 25.1 Å². The van der Waals surface area contributed by atoms with E-state index in [9.17, 15) is 22.4 Å². The molecular formula is C12H9F4N3OS2. The van der Waals surface area contributed by atoms with Crippen molar-refractivity contribution in [2.75, 3.05) is 11.1 Å². The van der Waals surface area contributed by atoms with Gasteiger partial charge in [0.05, 0.1) is 17.0 Å². The lowest BCUT2D eigenvalue weighted by Crippen LogP contribution is -2.18. The van der Waals surface area contributed by atoms with Crippen LogP contribution in [-0.4, -0.2) is 21.9 Å². The van der Waals surface area contributed by atoms with E-state index in [1.807, 2.05) is 0 Å². The Morgan fingerprint density at radius 1 is 1.36 bits per heavy atom. The lowest BCUT2D eigenvalue weighted by Gasteiger charge is -2.13. The first-order valence-electron chi connectivity index (χ1n) is 5.85. The number of benzene rings is 1. The van der Waals surface area contributed by atoms with Gasteiger partial charge < -0.3 is 5.32 Å². The first kappa shape index (κ1) is 16.7. The highest BCUT2D eigenvalue weighted by atomic mass is 32.2. The molecule has 0 aliphatic heterocycles. The summed E-state index contributed by atoms with van der Waals surface area (Å²) in [7, 11) is 0. The van der Waals surface area contributed by atoms with Crippen LogP contribution >= 0.6 is 23.1 Å². The van der Waals surface area contributed by atoms with Crippen molar-refractivity contribution in [3.63, 3.8) is 0 Å². The Morgan fingerprint density at radius 2 is 2.09 bits per heavy atom. The number of nitrogens with zero attached hydrogens (tertiary/aromatic N) is 2. The predicted molar refractivity (Wildman–Crippen MR) is 75.4 cm³/mol. The van der Waals surface area contributed by atoms with Gasteiger partial charge in [0.2, 0.25) is 5.91 Å². The number of halogens is 4. The number of aryl methyl sites for hydroxylation is 1. The number of aromatic nitrogens is 2. The number of hydrogen-bond acceptors (Lipinski definition) is 5. The molecule has 1 heterocycles. The van der Waals surface area contributed by atoms with Crippen molar-refractivity contribution in [1.29, 1.82) is 0 Å². The number of nitrogens with one attached hydrogen (secondary N) is 1. The highest BCUT2D eigenvalue weighted by Crippen LogP contribution is 2.35. The Hall–Kier alpha value is -1.68. The van der Waals surface area contributed by atoms with Crippen LogP contribution in [0.15, 0.2) is 22.5 Å². The topological polar surface area (TPSA) is 54.9 Å². The highest BCUT2D eigenvalue weighted by molar-refractivity contribution is 8.01. The van der Waals surface area contributed by atoms with E-state index in [0.717, 1.165) is 28.9 Å². The van der Waals surface area contributed by atoms with Crippen LogP contribution in [0.1, 0.15) is 10.6 Å². The third kappa shape index (κ3) is 4.41. The van der Waals surface area contributed by atoms with Crippen LogP contribution in [0.3, 0.4) is 0 Å². The number of rotatable bonds is 4. The van der Waals surface area contributed by atoms with E-state index in [4.69, 9.17) is 0 Å². The van der Waals surface area contributed by atoms with Crippen LogP contribution < -0.4 is 5.32 Å². The van der Waals surface area contributed by atoms with Crippen LogP contribution in [0, 0.1) is 12.7 Å². The van der Waals surface area contributed by atoms with Crippen LogP contribution in [-0.2, 0) is 11.0 Å². The zero-order valence-electron chi connectivity index (χ0n) is 11.1. The lowest BCUT2D eigenvalue weighted by atomic mass is 10.1. The molecule has 0 saturated carbocycles. The first-order chi connectivity index (χ1) is 10.3. The van der Waals surface area contributed by atoms with Crippen molar-refractivity contribution >= 4 is 34.7 Å². The van der Waals surface area contributed by atoms with Crippen molar-refractivity contribution < 1.29 is 22.4 Å². The molecule has 0 spiro atoms. The number of carbonyl (C=O) groups is 1. The Kier molecular flexibility index (Phi) is 5.01. The molecule has 10 heteroatoms. The van der Waals surface area contributed by atoms with Gasteiger partial charge in [0.1, 0.15) is 10.8 Å². The molecule has 1 N–H and O–H groups in total. The zero-order chi connectivity index (χ0) is 16.3. The third-order valence-corrected chi connectivity index (χ3v) is 4.37. The summed E-state index contributed by atoms with van der Waals surface area (Å²) in [5.74, 6) is -1.79. The van der Waals surface area contributed by atoms with Gasteiger partial charge >= 0.3 is 6.18 Å². The molecule has 4 nitrogen and oxygen atoms in total. The molecule has 0 fully saturated rings. The van der Waals surface area contributed by atoms with E-state index in [-0.39, 0.29) is 5.75 Å². The average Bonchev–Trinajstić information content (AvgIpc) is 2.83. The van der Waals surface area contributed by atoms with E-state index >= 15 is 0 Å². The minimum atomic E-state index is -4.76.